The molecule has 0 atom stereocenters. The van der Waals surface area contributed by atoms with E-state index in [0.717, 1.165) is 23.4 Å². The van der Waals surface area contributed by atoms with Crippen LogP contribution in [0, 0.1) is 0 Å². The van der Waals surface area contributed by atoms with Crippen LogP contribution in [0.25, 0.3) is 11.0 Å². The Hall–Kier alpha value is -1.85. The van der Waals surface area contributed by atoms with Crippen molar-refractivity contribution in [3.05, 3.63) is 6.20 Å². The van der Waals surface area contributed by atoms with Crippen molar-refractivity contribution in [2.24, 2.45) is 0 Å². The maximum absolute atomic E-state index is 4.41. The predicted molar refractivity (Wildman–Crippen MR) is 60.2 cm³/mol. The molecule has 0 aliphatic rings. The Morgan fingerprint density at radius 1 is 1.40 bits per heavy atom. The van der Waals surface area contributed by atoms with Crippen LogP contribution in [0.4, 0.5) is 11.8 Å². The number of hydrogen-bond donors (Lipinski definition) is 2. The van der Waals surface area contributed by atoms with Crippen molar-refractivity contribution in [2.75, 3.05) is 30.9 Å². The van der Waals surface area contributed by atoms with Crippen molar-refractivity contribution >= 4 is 22.8 Å². The molecule has 0 bridgehead atoms. The molecular weight excluding hydrogens is 192 g/mol. The van der Waals surface area contributed by atoms with Gasteiger partial charge in [-0.2, -0.15) is 15.1 Å². The zero-order valence-corrected chi connectivity index (χ0v) is 9.07. The molecular formula is C9H14N6. The van der Waals surface area contributed by atoms with Gasteiger partial charge in [-0.25, -0.2) is 0 Å². The van der Waals surface area contributed by atoms with E-state index in [2.05, 4.69) is 25.5 Å². The first-order chi connectivity index (χ1) is 7.22. The number of aromatic amines is 1. The van der Waals surface area contributed by atoms with Crippen LogP contribution in [0.1, 0.15) is 6.92 Å². The number of hydrogen-bond acceptors (Lipinski definition) is 5. The second-order valence-corrected chi connectivity index (χ2v) is 3.43. The Labute approximate surface area is 87.7 Å². The molecule has 2 N–H and O–H groups in total. The summed E-state index contributed by atoms with van der Waals surface area (Å²) < 4.78 is 0. The SMILES string of the molecule is CCNc1nc(N(C)C)c2cn[nH]c2n1. The lowest BCUT2D eigenvalue weighted by molar-refractivity contribution is 1.03. The number of anilines is 2. The molecule has 2 aromatic heterocycles. The van der Waals surface area contributed by atoms with Crippen LogP contribution in [-0.4, -0.2) is 40.8 Å². The summed E-state index contributed by atoms with van der Waals surface area (Å²) in [5.74, 6) is 1.49. The summed E-state index contributed by atoms with van der Waals surface area (Å²) in [7, 11) is 3.90. The molecule has 0 unspecified atom stereocenters. The fourth-order valence-electron chi connectivity index (χ4n) is 1.40. The standard InChI is InChI=1S/C9H14N6/c1-4-10-9-12-7-6(5-11-14-7)8(13-9)15(2)3/h5H,4H2,1-3H3,(H2,10,11,12,13,14). The van der Waals surface area contributed by atoms with Crippen molar-refractivity contribution in [1.82, 2.24) is 20.2 Å². The molecule has 6 heteroatoms. The van der Waals surface area contributed by atoms with Crippen LogP contribution in [0.3, 0.4) is 0 Å². The van der Waals surface area contributed by atoms with E-state index in [1.54, 1.807) is 6.20 Å². The minimum atomic E-state index is 0.623. The highest BCUT2D eigenvalue weighted by Crippen LogP contribution is 2.21. The highest BCUT2D eigenvalue weighted by atomic mass is 15.2. The molecule has 0 aliphatic heterocycles. The fourth-order valence-corrected chi connectivity index (χ4v) is 1.40. The predicted octanol–water partition coefficient (Wildman–Crippen LogP) is 0.851. The van der Waals surface area contributed by atoms with Crippen molar-refractivity contribution in [3.8, 4) is 0 Å². The molecule has 2 heterocycles. The first-order valence-electron chi connectivity index (χ1n) is 4.84. The van der Waals surface area contributed by atoms with Crippen LogP contribution in [0.5, 0.6) is 0 Å². The molecule has 15 heavy (non-hydrogen) atoms. The Kier molecular flexibility index (Phi) is 2.40. The smallest absolute Gasteiger partial charge is 0.226 e. The van der Waals surface area contributed by atoms with Gasteiger partial charge in [0.05, 0.1) is 11.6 Å². The van der Waals surface area contributed by atoms with E-state index < -0.39 is 0 Å². The van der Waals surface area contributed by atoms with E-state index in [4.69, 9.17) is 0 Å². The highest BCUT2D eigenvalue weighted by Gasteiger charge is 2.10. The normalized spacial score (nSPS) is 10.6. The van der Waals surface area contributed by atoms with E-state index >= 15 is 0 Å². The fraction of sp³-hybridized carbons (Fsp3) is 0.444. The second kappa shape index (κ2) is 3.72. The molecule has 6 nitrogen and oxygen atoms in total. The molecule has 2 rings (SSSR count). The number of rotatable bonds is 3. The number of aromatic nitrogens is 4. The third kappa shape index (κ3) is 1.70. The largest absolute Gasteiger partial charge is 0.362 e. The van der Waals surface area contributed by atoms with Crippen LogP contribution in [0.15, 0.2) is 6.20 Å². The number of fused-ring (bicyclic) bond motifs is 1. The molecule has 0 saturated carbocycles. The zero-order chi connectivity index (χ0) is 10.8. The molecule has 2 aromatic rings. The minimum absolute atomic E-state index is 0.623. The molecule has 0 spiro atoms. The van der Waals surface area contributed by atoms with Crippen molar-refractivity contribution < 1.29 is 0 Å². The van der Waals surface area contributed by atoms with Gasteiger partial charge in [0.25, 0.3) is 0 Å². The second-order valence-electron chi connectivity index (χ2n) is 3.43. The van der Waals surface area contributed by atoms with Crippen LogP contribution < -0.4 is 10.2 Å². The zero-order valence-electron chi connectivity index (χ0n) is 9.07. The van der Waals surface area contributed by atoms with Gasteiger partial charge < -0.3 is 10.2 Å². The minimum Gasteiger partial charge on any atom is -0.362 e. The van der Waals surface area contributed by atoms with Crippen molar-refractivity contribution in [1.29, 1.82) is 0 Å². The molecule has 0 fully saturated rings. The molecule has 0 radical (unpaired) electrons. The monoisotopic (exact) mass is 206 g/mol. The molecule has 0 saturated heterocycles. The summed E-state index contributed by atoms with van der Waals surface area (Å²) >= 11 is 0. The molecule has 80 valence electrons. The van der Waals surface area contributed by atoms with Gasteiger partial charge in [0.15, 0.2) is 5.65 Å². The molecule has 0 amide bonds. The van der Waals surface area contributed by atoms with Crippen LogP contribution in [-0.2, 0) is 0 Å². The van der Waals surface area contributed by atoms with Crippen molar-refractivity contribution in [2.45, 2.75) is 6.92 Å². The van der Waals surface area contributed by atoms with E-state index in [9.17, 15) is 0 Å². The van der Waals surface area contributed by atoms with E-state index in [-0.39, 0.29) is 0 Å². The quantitative estimate of drug-likeness (QED) is 0.779. The summed E-state index contributed by atoms with van der Waals surface area (Å²) in [6.07, 6.45) is 1.74. The Morgan fingerprint density at radius 3 is 2.87 bits per heavy atom. The maximum Gasteiger partial charge on any atom is 0.226 e. The lowest BCUT2D eigenvalue weighted by Gasteiger charge is -2.13. The maximum atomic E-state index is 4.41. The van der Waals surface area contributed by atoms with E-state index in [0.29, 0.717) is 5.95 Å². The van der Waals surface area contributed by atoms with Gasteiger partial charge in [-0.3, -0.25) is 5.10 Å². The first-order valence-corrected chi connectivity index (χ1v) is 4.84. The number of nitrogens with zero attached hydrogens (tertiary/aromatic N) is 4. The molecule has 0 aliphatic carbocycles. The van der Waals surface area contributed by atoms with Gasteiger partial charge >= 0.3 is 0 Å². The number of H-pyrrole nitrogens is 1. The Balaban J connectivity index is 2.58. The lowest BCUT2D eigenvalue weighted by Crippen LogP contribution is -2.13. The third-order valence-corrected chi connectivity index (χ3v) is 2.05. The van der Waals surface area contributed by atoms with Gasteiger partial charge in [-0.05, 0) is 6.92 Å². The summed E-state index contributed by atoms with van der Waals surface area (Å²) in [5, 5.41) is 10.8. The summed E-state index contributed by atoms with van der Waals surface area (Å²) in [5.41, 5.74) is 0.754. The summed E-state index contributed by atoms with van der Waals surface area (Å²) in [4.78, 5) is 10.7. The summed E-state index contributed by atoms with van der Waals surface area (Å²) in [6, 6.07) is 0. The number of nitrogens with one attached hydrogen (secondary N) is 2. The third-order valence-electron chi connectivity index (χ3n) is 2.05. The van der Waals surface area contributed by atoms with Crippen LogP contribution in [0.2, 0.25) is 0 Å². The topological polar surface area (TPSA) is 69.7 Å². The first kappa shape index (κ1) is 9.70. The lowest BCUT2D eigenvalue weighted by atomic mass is 10.4. The average Bonchev–Trinajstić information content (AvgIpc) is 2.64. The van der Waals surface area contributed by atoms with Crippen molar-refractivity contribution in [3.63, 3.8) is 0 Å². The van der Waals surface area contributed by atoms with Gasteiger partial charge in [0.1, 0.15) is 5.82 Å². The summed E-state index contributed by atoms with van der Waals surface area (Å²) in [6.45, 7) is 2.81. The highest BCUT2D eigenvalue weighted by molar-refractivity contribution is 5.87. The van der Waals surface area contributed by atoms with Gasteiger partial charge in [-0.1, -0.05) is 0 Å². The van der Waals surface area contributed by atoms with Gasteiger partial charge in [0, 0.05) is 20.6 Å². The molecule has 0 aromatic carbocycles. The van der Waals surface area contributed by atoms with Crippen LogP contribution >= 0.6 is 0 Å². The van der Waals surface area contributed by atoms with Gasteiger partial charge in [0.2, 0.25) is 5.95 Å². The Bertz CT molecular complexity index is 461. The average molecular weight is 206 g/mol. The van der Waals surface area contributed by atoms with E-state index in [1.165, 1.54) is 0 Å². The van der Waals surface area contributed by atoms with E-state index in [1.807, 2.05) is 25.9 Å². The Morgan fingerprint density at radius 2 is 2.20 bits per heavy atom. The van der Waals surface area contributed by atoms with Gasteiger partial charge in [-0.15, -0.1) is 0 Å².